The molecule has 1 fully saturated rings. The second kappa shape index (κ2) is 8.59. The maximum Gasteiger partial charge on any atom is 0.220 e. The zero-order chi connectivity index (χ0) is 16.6. The predicted molar refractivity (Wildman–Crippen MR) is 90.2 cm³/mol. The molecular weight excluding hydrogens is 304 g/mol. The summed E-state index contributed by atoms with van der Waals surface area (Å²) in [6.45, 7) is 2.87. The minimum absolute atomic E-state index is 0.108. The smallest absolute Gasteiger partial charge is 0.220 e. The zero-order valence-corrected chi connectivity index (χ0v) is 13.9. The van der Waals surface area contributed by atoms with E-state index in [0.29, 0.717) is 25.4 Å². The van der Waals surface area contributed by atoms with Crippen LogP contribution in [0.5, 0.6) is 0 Å². The molecule has 6 nitrogen and oxygen atoms in total. The summed E-state index contributed by atoms with van der Waals surface area (Å²) < 4.78 is 7.25. The third-order valence-electron chi connectivity index (χ3n) is 4.43. The van der Waals surface area contributed by atoms with Crippen LogP contribution in [-0.4, -0.2) is 33.9 Å². The van der Waals surface area contributed by atoms with Gasteiger partial charge in [-0.25, -0.2) is 9.67 Å². The number of rotatable bonds is 7. The van der Waals surface area contributed by atoms with Crippen molar-refractivity contribution in [3.05, 3.63) is 48.0 Å². The Balaban J connectivity index is 1.48. The van der Waals surface area contributed by atoms with Gasteiger partial charge in [0.15, 0.2) is 0 Å². The molecule has 1 aromatic carbocycles. The molecule has 0 radical (unpaired) electrons. The van der Waals surface area contributed by atoms with Gasteiger partial charge in [-0.15, -0.1) is 0 Å². The minimum atomic E-state index is 0.108. The van der Waals surface area contributed by atoms with Gasteiger partial charge in [0.25, 0.3) is 0 Å². The summed E-state index contributed by atoms with van der Waals surface area (Å²) in [4.78, 5) is 16.1. The molecule has 1 unspecified atom stereocenters. The van der Waals surface area contributed by atoms with Crippen molar-refractivity contribution in [2.45, 2.75) is 38.8 Å². The van der Waals surface area contributed by atoms with Crippen LogP contribution in [0.25, 0.3) is 0 Å². The van der Waals surface area contributed by atoms with Crippen LogP contribution in [0.2, 0.25) is 0 Å². The fourth-order valence-corrected chi connectivity index (χ4v) is 3.03. The van der Waals surface area contributed by atoms with Gasteiger partial charge >= 0.3 is 0 Å². The molecule has 1 N–H and O–H groups in total. The van der Waals surface area contributed by atoms with Gasteiger partial charge in [0, 0.05) is 26.2 Å². The first-order chi connectivity index (χ1) is 11.8. The van der Waals surface area contributed by atoms with Gasteiger partial charge in [-0.3, -0.25) is 4.79 Å². The first kappa shape index (κ1) is 16.6. The van der Waals surface area contributed by atoms with Crippen molar-refractivity contribution in [3.8, 4) is 0 Å². The van der Waals surface area contributed by atoms with Crippen LogP contribution in [0.1, 0.15) is 36.8 Å². The molecule has 1 aliphatic heterocycles. The average molecular weight is 328 g/mol. The zero-order valence-electron chi connectivity index (χ0n) is 13.9. The molecule has 2 aromatic rings. The van der Waals surface area contributed by atoms with Gasteiger partial charge in [-0.1, -0.05) is 24.3 Å². The second-order valence-electron chi connectivity index (χ2n) is 6.26. The van der Waals surface area contributed by atoms with Crippen LogP contribution in [-0.2, 0) is 22.6 Å². The van der Waals surface area contributed by atoms with Gasteiger partial charge in [0.2, 0.25) is 5.91 Å². The number of nitrogens with one attached hydrogen (secondary N) is 1. The van der Waals surface area contributed by atoms with Crippen LogP contribution in [0.15, 0.2) is 36.9 Å². The second-order valence-corrected chi connectivity index (χ2v) is 6.26. The van der Waals surface area contributed by atoms with E-state index in [9.17, 15) is 4.79 Å². The number of benzene rings is 1. The molecule has 1 aromatic heterocycles. The highest BCUT2D eigenvalue weighted by Crippen LogP contribution is 2.18. The van der Waals surface area contributed by atoms with E-state index in [1.54, 1.807) is 11.0 Å². The Morgan fingerprint density at radius 3 is 2.96 bits per heavy atom. The summed E-state index contributed by atoms with van der Waals surface area (Å²) in [6.07, 6.45) is 6.99. The van der Waals surface area contributed by atoms with Crippen molar-refractivity contribution in [2.24, 2.45) is 5.92 Å². The molecule has 1 amide bonds. The van der Waals surface area contributed by atoms with Crippen LogP contribution in [0, 0.1) is 5.92 Å². The van der Waals surface area contributed by atoms with Crippen LogP contribution >= 0.6 is 0 Å². The fraction of sp³-hybridized carbons (Fsp3) is 0.500. The standard InChI is InChI=1S/C18H24N4O2/c23-18(8-7-15-4-3-9-24-12-15)20-10-16-5-1-2-6-17(16)11-22-14-19-13-21-22/h1-2,5-6,13-15H,3-4,7-12H2,(H,20,23). The summed E-state index contributed by atoms with van der Waals surface area (Å²) in [7, 11) is 0. The number of carbonyl (C=O) groups excluding carboxylic acids is 1. The lowest BCUT2D eigenvalue weighted by atomic mass is 9.97. The number of carbonyl (C=O) groups is 1. The minimum Gasteiger partial charge on any atom is -0.381 e. The van der Waals surface area contributed by atoms with Crippen LogP contribution in [0.4, 0.5) is 0 Å². The van der Waals surface area contributed by atoms with E-state index >= 15 is 0 Å². The number of ether oxygens (including phenoxy) is 1. The summed E-state index contributed by atoms with van der Waals surface area (Å²) in [5, 5.41) is 7.17. The fourth-order valence-electron chi connectivity index (χ4n) is 3.03. The Morgan fingerprint density at radius 2 is 2.21 bits per heavy atom. The molecule has 1 saturated heterocycles. The Kier molecular flexibility index (Phi) is 5.96. The Hall–Kier alpha value is -2.21. The van der Waals surface area contributed by atoms with Crippen molar-refractivity contribution in [2.75, 3.05) is 13.2 Å². The largest absolute Gasteiger partial charge is 0.381 e. The van der Waals surface area contributed by atoms with E-state index in [4.69, 9.17) is 4.74 Å². The molecule has 1 aliphatic rings. The molecular formula is C18H24N4O2. The SMILES string of the molecule is O=C(CCC1CCCOC1)NCc1ccccc1Cn1cncn1. The topological polar surface area (TPSA) is 69.0 Å². The highest BCUT2D eigenvalue weighted by Gasteiger charge is 2.15. The third kappa shape index (κ3) is 4.89. The molecule has 6 heteroatoms. The van der Waals surface area contributed by atoms with E-state index in [-0.39, 0.29) is 5.91 Å². The Labute approximate surface area is 142 Å². The number of amides is 1. The van der Waals surface area contributed by atoms with Crippen molar-refractivity contribution < 1.29 is 9.53 Å². The highest BCUT2D eigenvalue weighted by molar-refractivity contribution is 5.75. The monoisotopic (exact) mass is 328 g/mol. The van der Waals surface area contributed by atoms with E-state index < -0.39 is 0 Å². The first-order valence-corrected chi connectivity index (χ1v) is 8.55. The lowest BCUT2D eigenvalue weighted by molar-refractivity contribution is -0.121. The average Bonchev–Trinajstić information content (AvgIpc) is 3.13. The van der Waals surface area contributed by atoms with Crippen LogP contribution in [0.3, 0.4) is 0 Å². The van der Waals surface area contributed by atoms with E-state index in [1.165, 1.54) is 12.7 Å². The normalized spacial score (nSPS) is 17.6. The number of hydrogen-bond acceptors (Lipinski definition) is 4. The van der Waals surface area contributed by atoms with Gasteiger partial charge in [0.05, 0.1) is 6.54 Å². The Morgan fingerprint density at radius 1 is 1.33 bits per heavy atom. The molecule has 0 bridgehead atoms. The van der Waals surface area contributed by atoms with Crippen LogP contribution < -0.4 is 5.32 Å². The number of nitrogens with zero attached hydrogens (tertiary/aromatic N) is 3. The highest BCUT2D eigenvalue weighted by atomic mass is 16.5. The van der Waals surface area contributed by atoms with Gasteiger partial charge in [-0.05, 0) is 36.3 Å². The molecule has 1 atom stereocenters. The number of aromatic nitrogens is 3. The maximum atomic E-state index is 12.1. The summed E-state index contributed by atoms with van der Waals surface area (Å²) in [5.74, 6) is 0.639. The first-order valence-electron chi connectivity index (χ1n) is 8.55. The van der Waals surface area contributed by atoms with Crippen molar-refractivity contribution in [1.29, 1.82) is 0 Å². The number of hydrogen-bond donors (Lipinski definition) is 1. The molecule has 3 rings (SSSR count). The van der Waals surface area contributed by atoms with Gasteiger partial charge < -0.3 is 10.1 Å². The van der Waals surface area contributed by atoms with Crippen molar-refractivity contribution in [1.82, 2.24) is 20.1 Å². The summed E-state index contributed by atoms with van der Waals surface area (Å²) >= 11 is 0. The molecule has 2 heterocycles. The van der Waals surface area contributed by atoms with Crippen molar-refractivity contribution >= 4 is 5.91 Å². The van der Waals surface area contributed by atoms with E-state index in [2.05, 4.69) is 21.5 Å². The van der Waals surface area contributed by atoms with Gasteiger partial charge in [-0.2, -0.15) is 5.10 Å². The van der Waals surface area contributed by atoms with Crippen molar-refractivity contribution in [3.63, 3.8) is 0 Å². The van der Waals surface area contributed by atoms with E-state index in [1.807, 2.05) is 18.2 Å². The molecule has 24 heavy (non-hydrogen) atoms. The predicted octanol–water partition coefficient (Wildman–Crippen LogP) is 2.15. The summed E-state index contributed by atoms with van der Waals surface area (Å²) in [5.41, 5.74) is 2.26. The lowest BCUT2D eigenvalue weighted by Gasteiger charge is -2.21. The molecule has 0 spiro atoms. The molecule has 0 saturated carbocycles. The Bertz CT molecular complexity index is 636. The maximum absolute atomic E-state index is 12.1. The molecule has 128 valence electrons. The lowest BCUT2D eigenvalue weighted by Crippen LogP contribution is -2.25. The van der Waals surface area contributed by atoms with Gasteiger partial charge in [0.1, 0.15) is 12.7 Å². The molecule has 0 aliphatic carbocycles. The van der Waals surface area contributed by atoms with E-state index in [0.717, 1.165) is 37.2 Å². The quantitative estimate of drug-likeness (QED) is 0.845. The summed E-state index contributed by atoms with van der Waals surface area (Å²) in [6, 6.07) is 8.09. The third-order valence-corrected chi connectivity index (χ3v) is 4.43.